The third kappa shape index (κ3) is 1.97. The van der Waals surface area contributed by atoms with Crippen molar-refractivity contribution >= 4 is 11.5 Å². The van der Waals surface area contributed by atoms with Crippen LogP contribution in [0.4, 0.5) is 0 Å². The highest BCUT2D eigenvalue weighted by Crippen LogP contribution is 2.27. The third-order valence-corrected chi connectivity index (χ3v) is 2.86. The third-order valence-electron chi connectivity index (χ3n) is 2.86. The van der Waals surface area contributed by atoms with Crippen LogP contribution in [0.3, 0.4) is 0 Å². The van der Waals surface area contributed by atoms with E-state index in [9.17, 15) is 0 Å². The summed E-state index contributed by atoms with van der Waals surface area (Å²) in [4.78, 5) is 8.97. The highest BCUT2D eigenvalue weighted by Gasteiger charge is 2.23. The van der Waals surface area contributed by atoms with Gasteiger partial charge in [0.2, 0.25) is 0 Å². The number of nitrogens with one attached hydrogen (secondary N) is 1. The molecule has 0 atom stereocenters. The van der Waals surface area contributed by atoms with E-state index in [-0.39, 0.29) is 0 Å². The molecular formula is C10H17N3. The van der Waals surface area contributed by atoms with Crippen molar-refractivity contribution in [1.82, 2.24) is 5.32 Å². The standard InChI is InChI=1S/C10H17N3/c1-11-7-10-12-6-9(13-10)8-4-2-3-5-8/h8,11H,2-7H2,1H3. The van der Waals surface area contributed by atoms with Crippen LogP contribution in [0.2, 0.25) is 0 Å². The van der Waals surface area contributed by atoms with Crippen LogP contribution in [-0.4, -0.2) is 31.7 Å². The monoisotopic (exact) mass is 179 g/mol. The second-order valence-electron chi connectivity index (χ2n) is 3.85. The summed E-state index contributed by atoms with van der Waals surface area (Å²) in [5.74, 6) is 1.74. The lowest BCUT2D eigenvalue weighted by Gasteiger charge is -2.06. The zero-order valence-electron chi connectivity index (χ0n) is 8.21. The Hall–Kier alpha value is -0.700. The van der Waals surface area contributed by atoms with E-state index in [0.29, 0.717) is 0 Å². The van der Waals surface area contributed by atoms with Gasteiger partial charge in [0.05, 0.1) is 13.1 Å². The first kappa shape index (κ1) is 8.88. The van der Waals surface area contributed by atoms with Crippen LogP contribution in [0.15, 0.2) is 9.98 Å². The van der Waals surface area contributed by atoms with Gasteiger partial charge < -0.3 is 5.32 Å². The van der Waals surface area contributed by atoms with Crippen LogP contribution >= 0.6 is 0 Å². The van der Waals surface area contributed by atoms with E-state index in [1.807, 2.05) is 7.05 Å². The predicted molar refractivity (Wildman–Crippen MR) is 55.6 cm³/mol. The maximum absolute atomic E-state index is 4.56. The van der Waals surface area contributed by atoms with Gasteiger partial charge in [0.1, 0.15) is 5.84 Å². The van der Waals surface area contributed by atoms with Crippen molar-refractivity contribution in [3.63, 3.8) is 0 Å². The highest BCUT2D eigenvalue weighted by molar-refractivity contribution is 6.05. The summed E-state index contributed by atoms with van der Waals surface area (Å²) in [7, 11) is 1.94. The van der Waals surface area contributed by atoms with Gasteiger partial charge in [-0.3, -0.25) is 4.99 Å². The summed E-state index contributed by atoms with van der Waals surface area (Å²) in [5, 5.41) is 3.08. The van der Waals surface area contributed by atoms with Gasteiger partial charge in [0.25, 0.3) is 0 Å². The largest absolute Gasteiger partial charge is 0.313 e. The second-order valence-corrected chi connectivity index (χ2v) is 3.85. The van der Waals surface area contributed by atoms with Crippen molar-refractivity contribution in [2.75, 3.05) is 20.1 Å². The van der Waals surface area contributed by atoms with Crippen LogP contribution < -0.4 is 5.32 Å². The van der Waals surface area contributed by atoms with Gasteiger partial charge in [-0.25, -0.2) is 4.99 Å². The highest BCUT2D eigenvalue weighted by atomic mass is 15.0. The van der Waals surface area contributed by atoms with Crippen LogP contribution in [0, 0.1) is 5.92 Å². The second kappa shape index (κ2) is 4.01. The molecule has 3 heteroatoms. The molecule has 0 aromatic carbocycles. The summed E-state index contributed by atoms with van der Waals surface area (Å²) in [6.45, 7) is 1.68. The van der Waals surface area contributed by atoms with Crippen molar-refractivity contribution < 1.29 is 0 Å². The lowest BCUT2D eigenvalue weighted by atomic mass is 10.0. The molecule has 0 aromatic rings. The molecule has 0 spiro atoms. The molecule has 1 saturated carbocycles. The lowest BCUT2D eigenvalue weighted by molar-refractivity contribution is 0.723. The van der Waals surface area contributed by atoms with Gasteiger partial charge >= 0.3 is 0 Å². The van der Waals surface area contributed by atoms with Crippen LogP contribution in [0.25, 0.3) is 0 Å². The molecule has 0 amide bonds. The molecule has 0 saturated heterocycles. The normalized spacial score (nSPS) is 23.5. The van der Waals surface area contributed by atoms with E-state index >= 15 is 0 Å². The van der Waals surface area contributed by atoms with E-state index in [4.69, 9.17) is 0 Å². The van der Waals surface area contributed by atoms with Gasteiger partial charge in [-0.15, -0.1) is 0 Å². The molecule has 0 bridgehead atoms. The first-order valence-corrected chi connectivity index (χ1v) is 5.15. The average molecular weight is 179 g/mol. The first-order valence-electron chi connectivity index (χ1n) is 5.15. The van der Waals surface area contributed by atoms with Gasteiger partial charge in [-0.1, -0.05) is 12.8 Å². The van der Waals surface area contributed by atoms with Crippen molar-refractivity contribution in [3.05, 3.63) is 0 Å². The van der Waals surface area contributed by atoms with Crippen molar-refractivity contribution in [2.24, 2.45) is 15.9 Å². The Balaban J connectivity index is 1.93. The molecule has 13 heavy (non-hydrogen) atoms. The van der Waals surface area contributed by atoms with Crippen LogP contribution in [-0.2, 0) is 0 Å². The number of amidine groups is 1. The number of hydrogen-bond acceptors (Lipinski definition) is 3. The first-order chi connectivity index (χ1) is 6.40. The summed E-state index contributed by atoms with van der Waals surface area (Å²) < 4.78 is 0. The van der Waals surface area contributed by atoms with Crippen LogP contribution in [0.1, 0.15) is 25.7 Å². The molecule has 3 nitrogen and oxygen atoms in total. The fraction of sp³-hybridized carbons (Fsp3) is 0.800. The number of aliphatic imine (C=N–C) groups is 2. The quantitative estimate of drug-likeness (QED) is 0.695. The van der Waals surface area contributed by atoms with E-state index < -0.39 is 0 Å². The minimum absolute atomic E-state index is 0.748. The molecule has 0 unspecified atom stereocenters. The van der Waals surface area contributed by atoms with Crippen molar-refractivity contribution in [2.45, 2.75) is 25.7 Å². The molecule has 1 heterocycles. The van der Waals surface area contributed by atoms with Gasteiger partial charge in [-0.05, 0) is 25.8 Å². The van der Waals surface area contributed by atoms with Gasteiger partial charge in [0, 0.05) is 5.71 Å². The SMILES string of the molecule is CNCC1=NCC(C2CCCC2)=N1. The minimum Gasteiger partial charge on any atom is -0.313 e. The molecule has 0 radical (unpaired) electrons. The zero-order chi connectivity index (χ0) is 9.10. The predicted octanol–water partition coefficient (Wildman–Crippen LogP) is 1.25. The molecule has 72 valence electrons. The summed E-state index contributed by atoms with van der Waals surface area (Å²) in [5.41, 5.74) is 1.34. The Bertz CT molecular complexity index is 237. The fourth-order valence-electron chi connectivity index (χ4n) is 2.14. The zero-order valence-corrected chi connectivity index (χ0v) is 8.21. The summed E-state index contributed by atoms with van der Waals surface area (Å²) in [6.07, 6.45) is 5.43. The number of rotatable bonds is 3. The fourth-order valence-corrected chi connectivity index (χ4v) is 2.14. The van der Waals surface area contributed by atoms with E-state index in [0.717, 1.165) is 24.8 Å². The molecule has 1 fully saturated rings. The Kier molecular flexibility index (Phi) is 2.74. The van der Waals surface area contributed by atoms with E-state index in [1.54, 1.807) is 0 Å². The smallest absolute Gasteiger partial charge is 0.137 e. The maximum Gasteiger partial charge on any atom is 0.137 e. The lowest BCUT2D eigenvalue weighted by Crippen LogP contribution is -2.16. The number of likely N-dealkylation sites (N-methyl/N-ethyl adjacent to an activating group) is 1. The van der Waals surface area contributed by atoms with E-state index in [1.165, 1.54) is 31.4 Å². The Morgan fingerprint density at radius 3 is 2.85 bits per heavy atom. The van der Waals surface area contributed by atoms with Crippen LogP contribution in [0.5, 0.6) is 0 Å². The molecule has 1 aliphatic heterocycles. The van der Waals surface area contributed by atoms with E-state index in [2.05, 4.69) is 15.3 Å². The molecule has 2 aliphatic rings. The Morgan fingerprint density at radius 1 is 1.38 bits per heavy atom. The maximum atomic E-state index is 4.56. The Labute approximate surface area is 79.4 Å². The molecule has 0 aromatic heterocycles. The number of hydrogen-bond donors (Lipinski definition) is 1. The summed E-state index contributed by atoms with van der Waals surface area (Å²) in [6, 6.07) is 0. The van der Waals surface area contributed by atoms with Crippen molar-refractivity contribution in [1.29, 1.82) is 0 Å². The topological polar surface area (TPSA) is 36.8 Å². The average Bonchev–Trinajstić information content (AvgIpc) is 2.70. The number of nitrogens with zero attached hydrogens (tertiary/aromatic N) is 2. The minimum atomic E-state index is 0.748. The van der Waals surface area contributed by atoms with Crippen molar-refractivity contribution in [3.8, 4) is 0 Å². The Morgan fingerprint density at radius 2 is 2.15 bits per heavy atom. The van der Waals surface area contributed by atoms with Gasteiger partial charge in [0.15, 0.2) is 0 Å². The molecular weight excluding hydrogens is 162 g/mol. The van der Waals surface area contributed by atoms with Gasteiger partial charge in [-0.2, -0.15) is 0 Å². The summed E-state index contributed by atoms with van der Waals surface area (Å²) >= 11 is 0. The molecule has 2 rings (SSSR count). The molecule has 1 aliphatic carbocycles. The molecule has 1 N–H and O–H groups in total.